The second kappa shape index (κ2) is 8.34. The van der Waals surface area contributed by atoms with Crippen LogP contribution in [0.5, 0.6) is 5.75 Å². The first-order valence-corrected chi connectivity index (χ1v) is 5.45. The number of methoxy groups -OCH3 is 1. The van der Waals surface area contributed by atoms with Crippen molar-refractivity contribution < 1.29 is 19.1 Å². The van der Waals surface area contributed by atoms with Crippen LogP contribution in [0.3, 0.4) is 0 Å². The number of nitrogens with two attached hydrogens (primary N) is 1. The van der Waals surface area contributed by atoms with Crippen LogP contribution in [0.1, 0.15) is 17.3 Å². The summed E-state index contributed by atoms with van der Waals surface area (Å²) in [5.74, 6) is -0.0140. The quantitative estimate of drug-likeness (QED) is 0.464. The van der Waals surface area contributed by atoms with E-state index in [4.69, 9.17) is 15.2 Å². The molecule has 0 radical (unpaired) electrons. The Hall–Kier alpha value is -1.79. The zero-order valence-corrected chi connectivity index (χ0v) is 11.5. The third-order valence-corrected chi connectivity index (χ3v) is 2.18. The predicted molar refractivity (Wildman–Crippen MR) is 73.9 cm³/mol. The third kappa shape index (κ3) is 4.76. The Bertz CT molecular complexity index is 440. The molecule has 1 unspecified atom stereocenters. The molecule has 19 heavy (non-hydrogen) atoms. The van der Waals surface area contributed by atoms with Gasteiger partial charge >= 0.3 is 5.97 Å². The first-order valence-electron chi connectivity index (χ1n) is 5.45. The molecule has 0 heterocycles. The highest BCUT2D eigenvalue weighted by molar-refractivity contribution is 5.91. The molecule has 3 N–H and O–H groups in total. The molecule has 0 aromatic heterocycles. The lowest BCUT2D eigenvalue weighted by Crippen LogP contribution is -2.31. The Morgan fingerprint density at radius 3 is 2.74 bits per heavy atom. The summed E-state index contributed by atoms with van der Waals surface area (Å²) < 4.78 is 9.99. The van der Waals surface area contributed by atoms with Crippen molar-refractivity contribution in [2.24, 2.45) is 5.73 Å². The third-order valence-electron chi connectivity index (χ3n) is 2.18. The number of anilines is 1. The van der Waals surface area contributed by atoms with Crippen LogP contribution >= 0.6 is 12.4 Å². The van der Waals surface area contributed by atoms with E-state index < -0.39 is 12.1 Å². The minimum absolute atomic E-state index is 0. The lowest BCUT2D eigenvalue weighted by atomic mass is 10.2. The molecule has 1 aromatic carbocycles. The van der Waals surface area contributed by atoms with E-state index in [1.165, 1.54) is 13.2 Å². The molecule has 0 saturated heterocycles. The molecule has 0 fully saturated rings. The van der Waals surface area contributed by atoms with E-state index in [0.29, 0.717) is 29.9 Å². The van der Waals surface area contributed by atoms with E-state index in [0.717, 1.165) is 0 Å². The first-order chi connectivity index (χ1) is 8.62. The van der Waals surface area contributed by atoms with E-state index in [1.54, 1.807) is 19.1 Å². The maximum Gasteiger partial charge on any atom is 0.338 e. The molecule has 6 nitrogen and oxygen atoms in total. The minimum atomic E-state index is -0.827. The number of rotatable bonds is 6. The van der Waals surface area contributed by atoms with Gasteiger partial charge in [-0.2, -0.15) is 0 Å². The average molecular weight is 289 g/mol. The van der Waals surface area contributed by atoms with Crippen molar-refractivity contribution in [2.45, 2.75) is 13.1 Å². The highest BCUT2D eigenvalue weighted by atomic mass is 35.5. The van der Waals surface area contributed by atoms with Crippen molar-refractivity contribution >= 4 is 30.3 Å². The zero-order valence-electron chi connectivity index (χ0n) is 10.7. The van der Waals surface area contributed by atoms with Crippen LogP contribution in [0, 0.1) is 0 Å². The molecule has 0 spiro atoms. The Morgan fingerprint density at radius 1 is 1.53 bits per heavy atom. The van der Waals surface area contributed by atoms with Crippen molar-refractivity contribution in [3.05, 3.63) is 23.8 Å². The van der Waals surface area contributed by atoms with Gasteiger partial charge in [0.2, 0.25) is 0 Å². The van der Waals surface area contributed by atoms with Crippen LogP contribution in [0.2, 0.25) is 0 Å². The molecular weight excluding hydrogens is 272 g/mol. The van der Waals surface area contributed by atoms with Gasteiger partial charge in [-0.3, -0.25) is 4.79 Å². The van der Waals surface area contributed by atoms with Gasteiger partial charge in [-0.1, -0.05) is 0 Å². The number of esters is 1. The fourth-order valence-electron chi connectivity index (χ4n) is 1.37. The van der Waals surface area contributed by atoms with E-state index in [-0.39, 0.29) is 12.4 Å². The highest BCUT2D eigenvalue weighted by Crippen LogP contribution is 2.26. The Balaban J connectivity index is 0.00000324. The summed E-state index contributed by atoms with van der Waals surface area (Å²) in [5.41, 5.74) is 6.35. The van der Waals surface area contributed by atoms with E-state index in [1.807, 2.05) is 0 Å². The summed E-state index contributed by atoms with van der Waals surface area (Å²) in [5, 5.41) is 2.74. The molecule has 0 amide bonds. The normalized spacial score (nSPS) is 10.9. The number of ether oxygens (including phenoxy) is 2. The molecular formula is C12H17ClN2O4. The lowest BCUT2D eigenvalue weighted by molar-refractivity contribution is -0.108. The Morgan fingerprint density at radius 2 is 2.21 bits per heavy atom. The molecule has 1 rings (SSSR count). The maximum absolute atomic E-state index is 11.5. The number of carbonyl (C=O) groups excluding carboxylic acids is 2. The molecule has 0 aliphatic rings. The summed E-state index contributed by atoms with van der Waals surface area (Å²) >= 11 is 0. The molecule has 0 saturated carbocycles. The fraction of sp³-hybridized carbons (Fsp3) is 0.333. The van der Waals surface area contributed by atoms with Crippen LogP contribution in [-0.2, 0) is 9.53 Å². The lowest BCUT2D eigenvalue weighted by Gasteiger charge is -2.14. The molecule has 0 bridgehead atoms. The number of hydrogen-bond donors (Lipinski definition) is 2. The fourth-order valence-corrected chi connectivity index (χ4v) is 1.37. The molecule has 106 valence electrons. The van der Waals surface area contributed by atoms with Crippen LogP contribution in [-0.4, -0.2) is 32.1 Å². The van der Waals surface area contributed by atoms with E-state index >= 15 is 0 Å². The van der Waals surface area contributed by atoms with Crippen LogP contribution in [0.25, 0.3) is 0 Å². The second-order valence-corrected chi connectivity index (χ2v) is 3.44. The molecule has 0 aliphatic carbocycles. The number of hydrogen-bond acceptors (Lipinski definition) is 6. The van der Waals surface area contributed by atoms with Crippen LogP contribution in [0.4, 0.5) is 5.69 Å². The largest absolute Gasteiger partial charge is 0.495 e. The van der Waals surface area contributed by atoms with Crippen molar-refractivity contribution in [2.75, 3.05) is 19.0 Å². The standard InChI is InChI=1S/C12H16N2O4.ClH/c1-3-18-12(16)8-4-5-9(10(6-8)17-2)14-11(13)7-15;/h4-7,11,14H,3,13H2,1-2H3;1H. The first kappa shape index (κ1) is 17.2. The monoisotopic (exact) mass is 288 g/mol. The number of halogens is 1. The zero-order chi connectivity index (χ0) is 13.5. The van der Waals surface area contributed by atoms with Crippen molar-refractivity contribution in [3.63, 3.8) is 0 Å². The van der Waals surface area contributed by atoms with Crippen molar-refractivity contribution in [3.8, 4) is 5.75 Å². The van der Waals surface area contributed by atoms with Gasteiger partial charge in [0.15, 0.2) is 6.29 Å². The molecule has 1 atom stereocenters. The predicted octanol–water partition coefficient (Wildman–Crippen LogP) is 1.19. The summed E-state index contributed by atoms with van der Waals surface area (Å²) in [7, 11) is 1.46. The van der Waals surface area contributed by atoms with Crippen LogP contribution in [0.15, 0.2) is 18.2 Å². The Labute approximate surface area is 117 Å². The van der Waals surface area contributed by atoms with Gasteiger partial charge in [-0.05, 0) is 25.1 Å². The van der Waals surface area contributed by atoms with Crippen molar-refractivity contribution in [1.82, 2.24) is 0 Å². The molecule has 0 aliphatic heterocycles. The SMILES string of the molecule is CCOC(=O)c1ccc(NC(N)C=O)c(OC)c1.Cl. The van der Waals surface area contributed by atoms with E-state index in [2.05, 4.69) is 5.32 Å². The molecule has 1 aromatic rings. The number of carbonyl (C=O) groups is 2. The topological polar surface area (TPSA) is 90.6 Å². The smallest absolute Gasteiger partial charge is 0.338 e. The minimum Gasteiger partial charge on any atom is -0.495 e. The summed E-state index contributed by atoms with van der Waals surface area (Å²) in [4.78, 5) is 22.0. The van der Waals surface area contributed by atoms with Gasteiger partial charge in [0.1, 0.15) is 11.9 Å². The summed E-state index contributed by atoms with van der Waals surface area (Å²) in [6, 6.07) is 4.70. The van der Waals surface area contributed by atoms with Gasteiger partial charge in [-0.15, -0.1) is 12.4 Å². The maximum atomic E-state index is 11.5. The van der Waals surface area contributed by atoms with Gasteiger partial charge in [0.05, 0.1) is 25.0 Å². The number of benzene rings is 1. The van der Waals surface area contributed by atoms with Gasteiger partial charge < -0.3 is 20.5 Å². The summed E-state index contributed by atoms with van der Waals surface area (Å²) in [6.07, 6.45) is -0.258. The van der Waals surface area contributed by atoms with Crippen molar-refractivity contribution in [1.29, 1.82) is 0 Å². The average Bonchev–Trinajstić information content (AvgIpc) is 2.39. The summed E-state index contributed by atoms with van der Waals surface area (Å²) in [6.45, 7) is 2.03. The van der Waals surface area contributed by atoms with Gasteiger partial charge in [-0.25, -0.2) is 4.79 Å². The second-order valence-electron chi connectivity index (χ2n) is 3.44. The highest BCUT2D eigenvalue weighted by Gasteiger charge is 2.12. The van der Waals surface area contributed by atoms with Gasteiger partial charge in [0, 0.05) is 0 Å². The number of aldehydes is 1. The number of nitrogens with one attached hydrogen (secondary N) is 1. The Kier molecular flexibility index (Phi) is 7.55. The molecule has 7 heteroatoms. The van der Waals surface area contributed by atoms with Crippen LogP contribution < -0.4 is 15.8 Å². The van der Waals surface area contributed by atoms with E-state index in [9.17, 15) is 9.59 Å². The van der Waals surface area contributed by atoms with Gasteiger partial charge in [0.25, 0.3) is 0 Å².